The molecule has 6 saturated heterocycles. The van der Waals surface area contributed by atoms with Crippen molar-refractivity contribution in [1.82, 2.24) is 16.0 Å². The second-order valence-corrected chi connectivity index (χ2v) is 32.8. The van der Waals surface area contributed by atoms with Gasteiger partial charge in [0, 0.05) is 20.3 Å². The zero-order valence-electron chi connectivity index (χ0n) is 69.6. The van der Waals surface area contributed by atoms with Crippen LogP contribution in [0.2, 0.25) is 0 Å². The number of aliphatic hydroxyl groups excluding tert-OH is 17. The topological polar surface area (TPSA) is 542 Å². The molecule has 3 amide bonds. The third-order valence-electron chi connectivity index (χ3n) is 23.2. The highest BCUT2D eigenvalue weighted by atomic mass is 16.8. The number of carbonyl (C=O) groups excluding carboxylic acids is 3. The van der Waals surface area contributed by atoms with Gasteiger partial charge in [-0.3, -0.25) is 14.4 Å². The van der Waals surface area contributed by atoms with Crippen molar-refractivity contribution < 1.29 is 158 Å². The summed E-state index contributed by atoms with van der Waals surface area (Å²) in [6, 6.07) is -4.69. The third kappa shape index (κ3) is 32.8. The fourth-order valence-electron chi connectivity index (χ4n) is 16.1. The monoisotopic (exact) mass is 1690 g/mol. The summed E-state index contributed by atoms with van der Waals surface area (Å²) in [5.74, 6) is -2.05. The molecule has 0 aromatic rings. The Morgan fingerprint density at radius 1 is 0.350 bits per heavy atom. The number of nitrogens with one attached hydrogen (secondary N) is 3. The Kier molecular flexibility index (Phi) is 49.2. The summed E-state index contributed by atoms with van der Waals surface area (Å²) in [6.45, 7) is 2.25. The number of allylic oxidation sites excluding steroid dienone is 1. The average Bonchev–Trinajstić information content (AvgIpc) is 0.758. The molecule has 117 heavy (non-hydrogen) atoms. The Bertz CT molecular complexity index is 2690. The summed E-state index contributed by atoms with van der Waals surface area (Å²) in [5, 5.41) is 199. The second-order valence-electron chi connectivity index (χ2n) is 32.8. The largest absolute Gasteiger partial charge is 0.394 e. The van der Waals surface area contributed by atoms with E-state index in [4.69, 9.17) is 56.8 Å². The predicted molar refractivity (Wildman–Crippen MR) is 420 cm³/mol. The molecule has 0 aliphatic carbocycles. The maximum Gasteiger partial charge on any atom is 0.220 e. The van der Waals surface area contributed by atoms with Crippen LogP contribution in [-0.4, -0.2) is 340 Å². The molecule has 0 spiro atoms. The van der Waals surface area contributed by atoms with E-state index in [2.05, 4.69) is 29.8 Å². The number of rotatable bonds is 57. The Labute approximate surface area is 690 Å². The molecule has 0 aromatic heterocycles. The number of aliphatic hydroxyl groups is 17. The number of ether oxygens (including phenoxy) is 12. The Morgan fingerprint density at radius 2 is 0.718 bits per heavy atom. The van der Waals surface area contributed by atoms with Crippen molar-refractivity contribution in [2.75, 3.05) is 39.6 Å². The van der Waals surface area contributed by atoms with E-state index >= 15 is 0 Å². The van der Waals surface area contributed by atoms with Gasteiger partial charge in [0.2, 0.25) is 17.7 Å². The smallest absolute Gasteiger partial charge is 0.220 e. The molecular weight excluding hydrogens is 1540 g/mol. The molecule has 0 bridgehead atoms. The maximum atomic E-state index is 13.6. The summed E-state index contributed by atoms with van der Waals surface area (Å²) in [5.41, 5.74) is 0. The zero-order valence-corrected chi connectivity index (χ0v) is 69.6. The van der Waals surface area contributed by atoms with Crippen molar-refractivity contribution >= 4 is 17.7 Å². The van der Waals surface area contributed by atoms with E-state index in [0.717, 1.165) is 65.2 Å². The first-order chi connectivity index (χ1) is 56.3. The van der Waals surface area contributed by atoms with Crippen LogP contribution in [0, 0.1) is 0 Å². The van der Waals surface area contributed by atoms with Crippen molar-refractivity contribution in [2.45, 2.75) is 449 Å². The van der Waals surface area contributed by atoms with E-state index in [1.165, 1.54) is 155 Å². The van der Waals surface area contributed by atoms with E-state index < -0.39 is 248 Å². The van der Waals surface area contributed by atoms with Crippen LogP contribution in [0.1, 0.15) is 253 Å². The van der Waals surface area contributed by atoms with Crippen LogP contribution in [0.3, 0.4) is 0 Å². The first-order valence-electron chi connectivity index (χ1n) is 43.8. The lowest BCUT2D eigenvalue weighted by Crippen LogP contribution is -2.71. The number of hydrogen-bond acceptors (Lipinski definition) is 32. The van der Waals surface area contributed by atoms with E-state index in [1.54, 1.807) is 6.08 Å². The van der Waals surface area contributed by atoms with Gasteiger partial charge in [-0.1, -0.05) is 219 Å². The summed E-state index contributed by atoms with van der Waals surface area (Å²) < 4.78 is 72.7. The molecule has 6 heterocycles. The number of hydrogen-bond donors (Lipinski definition) is 20. The molecule has 6 aliphatic heterocycles. The molecule has 0 radical (unpaired) electrons. The fraction of sp³-hybridized carbons (Fsp3) is 0.939. The van der Waals surface area contributed by atoms with Crippen molar-refractivity contribution in [1.29, 1.82) is 0 Å². The minimum Gasteiger partial charge on any atom is -0.394 e. The van der Waals surface area contributed by atoms with Crippen LogP contribution in [0.4, 0.5) is 0 Å². The third-order valence-corrected chi connectivity index (χ3v) is 23.2. The lowest BCUT2D eigenvalue weighted by molar-refractivity contribution is -0.401. The highest BCUT2D eigenvalue weighted by molar-refractivity contribution is 5.76. The van der Waals surface area contributed by atoms with Gasteiger partial charge < -0.3 is 160 Å². The Morgan fingerprint density at radius 3 is 1.21 bits per heavy atom. The van der Waals surface area contributed by atoms with Crippen LogP contribution in [0.5, 0.6) is 0 Å². The normalized spacial score (nSPS) is 36.1. The first kappa shape index (κ1) is 103. The van der Waals surface area contributed by atoms with Crippen molar-refractivity contribution in [3.8, 4) is 0 Å². The van der Waals surface area contributed by atoms with Gasteiger partial charge in [-0.05, 0) is 26.2 Å². The SMILES string of the molecule is CCCCCCCCCCCCC/C=C/[C@@H](O)[C@H](CO[C@@H]1OC(CO)[C@@H](O[C@@H]2OC(CO)[C@H](O)[C@H](O[C@@H]3OC(CO)[C@@H](O)[C@H](O[C@@H]4OC(CO)[C@H](O)[C@H](O[C@H]5OC(CO)[C@H](O)[C@H](O)C5NC(C)=O)C4O[C@H]4OC(C)[C@@H](O)C(O)[C@@H]4O)C3NC(C)=O)C2O)[C@H](O)C1O)NC(=O)CCCCCCCCCCCCCCCCCCCCCCC. The summed E-state index contributed by atoms with van der Waals surface area (Å²) in [7, 11) is 0. The molecule has 0 aromatic carbocycles. The molecule has 32 atom stereocenters. The Balaban J connectivity index is 1.12. The van der Waals surface area contributed by atoms with E-state index in [-0.39, 0.29) is 12.3 Å². The van der Waals surface area contributed by atoms with E-state index in [0.29, 0.717) is 12.8 Å². The quantitative estimate of drug-likeness (QED) is 0.0298. The first-order valence-corrected chi connectivity index (χ1v) is 43.8. The average molecular weight is 1690 g/mol. The molecule has 12 unspecified atom stereocenters. The number of unbranched alkanes of at least 4 members (excludes halogenated alkanes) is 31. The summed E-state index contributed by atoms with van der Waals surface area (Å²) in [4.78, 5) is 39.5. The molecular formula is C82H149N3O32. The van der Waals surface area contributed by atoms with Gasteiger partial charge in [0.05, 0.1) is 57.9 Å². The standard InChI is InChI=1S/C82H149N3O32/c1-6-8-10-12-14-16-18-20-21-22-23-24-25-26-27-29-31-33-35-37-39-41-58(94)85-51(52(93)40-38-36-34-32-30-28-19-17-15-13-11-9-7-2)47-106-79-70(104)68(102)72(57(46-90)112-79)113-81-71(105)74(64(98)55(44-88)110-81)115-78-60(84-50(5)92)73(63(97)54(43-87)109-78)114-82-76(117-80-69(103)67(101)61(95)48(3)107-80)75(65(99)56(45-89)111-82)116-77-59(83-49(4)91)66(100)62(96)53(42-86)108-77/h38,40,48,51-57,59-82,86-90,93,95-105H,6-37,39,41-47H2,1-5H3,(H,83,91)(H,84,92)(H,85,94)/b40-38+/t48?,51-,52+,53?,54?,55?,56?,57?,59?,60?,61+,62-,63+,64-,65-,66+,67?,68+,69-,70?,71?,72+,73+,74-,75-,76?,77+,78-,79+,80+,81-,82-/m0/s1. The molecule has 6 fully saturated rings. The van der Waals surface area contributed by atoms with Gasteiger partial charge in [-0.15, -0.1) is 0 Å². The number of amides is 3. The molecule has 6 rings (SSSR count). The van der Waals surface area contributed by atoms with Crippen LogP contribution < -0.4 is 16.0 Å². The molecule has 20 N–H and O–H groups in total. The minimum atomic E-state index is -2.25. The van der Waals surface area contributed by atoms with Crippen molar-refractivity contribution in [3.63, 3.8) is 0 Å². The second kappa shape index (κ2) is 56.1. The van der Waals surface area contributed by atoms with Crippen molar-refractivity contribution in [3.05, 3.63) is 12.2 Å². The van der Waals surface area contributed by atoms with Gasteiger partial charge in [0.15, 0.2) is 37.7 Å². The fourth-order valence-corrected chi connectivity index (χ4v) is 16.1. The lowest BCUT2D eigenvalue weighted by atomic mass is 9.93. The van der Waals surface area contributed by atoms with Crippen LogP contribution in [0.15, 0.2) is 12.2 Å². The van der Waals surface area contributed by atoms with Gasteiger partial charge in [-0.25, -0.2) is 0 Å². The molecule has 35 heteroatoms. The summed E-state index contributed by atoms with van der Waals surface area (Å²) in [6.07, 6.45) is -12.8. The van der Waals surface area contributed by atoms with Gasteiger partial charge in [-0.2, -0.15) is 0 Å². The number of carbonyl (C=O) groups is 3. The van der Waals surface area contributed by atoms with Gasteiger partial charge in [0.25, 0.3) is 0 Å². The Hall–Kier alpha value is -3.01. The van der Waals surface area contributed by atoms with Gasteiger partial charge in [0.1, 0.15) is 140 Å². The molecule has 6 aliphatic rings. The maximum absolute atomic E-state index is 13.6. The van der Waals surface area contributed by atoms with Crippen molar-refractivity contribution in [2.24, 2.45) is 0 Å². The van der Waals surface area contributed by atoms with Crippen LogP contribution in [-0.2, 0) is 71.2 Å². The lowest BCUT2D eigenvalue weighted by Gasteiger charge is -2.52. The van der Waals surface area contributed by atoms with Crippen LogP contribution in [0.25, 0.3) is 0 Å². The highest BCUT2D eigenvalue weighted by Gasteiger charge is 2.59. The van der Waals surface area contributed by atoms with E-state index in [9.17, 15) is 101 Å². The van der Waals surface area contributed by atoms with Gasteiger partial charge >= 0.3 is 0 Å². The minimum absolute atomic E-state index is 0.170. The van der Waals surface area contributed by atoms with E-state index in [1.807, 2.05) is 6.08 Å². The predicted octanol–water partition coefficient (Wildman–Crippen LogP) is 0.944. The zero-order chi connectivity index (χ0) is 85.5. The molecule has 0 saturated carbocycles. The molecule has 684 valence electrons. The summed E-state index contributed by atoms with van der Waals surface area (Å²) >= 11 is 0. The highest BCUT2D eigenvalue weighted by Crippen LogP contribution is 2.39. The molecule has 35 nitrogen and oxygen atoms in total. The van der Waals surface area contributed by atoms with Crippen LogP contribution >= 0.6 is 0 Å².